The highest BCUT2D eigenvalue weighted by molar-refractivity contribution is 5.89. The summed E-state index contributed by atoms with van der Waals surface area (Å²) in [5.74, 6) is 0.760. The van der Waals surface area contributed by atoms with Crippen molar-refractivity contribution >= 4 is 28.5 Å². The summed E-state index contributed by atoms with van der Waals surface area (Å²) in [5.41, 5.74) is 4.34. The fourth-order valence-electron chi connectivity index (χ4n) is 3.65. The number of aryl methyl sites for hydroxylation is 1. The molecule has 30 heavy (non-hydrogen) atoms. The lowest BCUT2D eigenvalue weighted by atomic mass is 10.0. The first-order chi connectivity index (χ1) is 14.2. The second kappa shape index (κ2) is 7.45. The lowest BCUT2D eigenvalue weighted by Crippen LogP contribution is -2.40. The third-order valence-electron chi connectivity index (χ3n) is 5.14. The van der Waals surface area contributed by atoms with Crippen molar-refractivity contribution < 1.29 is 9.53 Å². The second-order valence-electron chi connectivity index (χ2n) is 8.59. The topological polar surface area (TPSA) is 75.5 Å². The van der Waals surface area contributed by atoms with E-state index in [2.05, 4.69) is 21.7 Å². The van der Waals surface area contributed by atoms with E-state index in [-0.39, 0.29) is 12.0 Å². The third-order valence-corrected chi connectivity index (χ3v) is 5.14. The Hall–Kier alpha value is -3.40. The molecule has 0 aliphatic carbocycles. The summed E-state index contributed by atoms with van der Waals surface area (Å²) in [7, 11) is 0. The van der Waals surface area contributed by atoms with Gasteiger partial charge in [-0.15, -0.1) is 0 Å². The lowest BCUT2D eigenvalue weighted by molar-refractivity contribution is 0.0577. The molecule has 1 aliphatic rings. The van der Waals surface area contributed by atoms with E-state index in [1.807, 2.05) is 45.0 Å². The van der Waals surface area contributed by atoms with E-state index in [0.717, 1.165) is 46.8 Å². The molecule has 0 saturated heterocycles. The number of hydrogen-bond donors (Lipinski definition) is 1. The van der Waals surface area contributed by atoms with Crippen molar-refractivity contribution in [3.8, 4) is 0 Å². The van der Waals surface area contributed by atoms with Crippen LogP contribution in [0.2, 0.25) is 0 Å². The Morgan fingerprint density at radius 2 is 2.07 bits per heavy atom. The van der Waals surface area contributed by atoms with Crippen molar-refractivity contribution in [1.29, 1.82) is 0 Å². The van der Waals surface area contributed by atoms with Crippen molar-refractivity contribution in [3.05, 3.63) is 59.0 Å². The normalized spacial score (nSPS) is 14.8. The number of ether oxygens (including phenoxy) is 1. The van der Waals surface area contributed by atoms with E-state index < -0.39 is 5.60 Å². The van der Waals surface area contributed by atoms with Crippen molar-refractivity contribution in [2.45, 2.75) is 52.1 Å². The van der Waals surface area contributed by atoms with Crippen LogP contribution in [0.15, 0.2) is 30.3 Å². The molecule has 0 spiro atoms. The first-order valence-corrected chi connectivity index (χ1v) is 10.1. The number of aromatic amines is 1. The molecule has 0 radical (unpaired) electrons. The summed E-state index contributed by atoms with van der Waals surface area (Å²) in [6.45, 7) is 15.5. The van der Waals surface area contributed by atoms with Gasteiger partial charge in [0.2, 0.25) is 0 Å². The standard InChI is InChI=1S/C23H25N5O2/c1-14(21-26-17-9-8-15(24-5)13-19(17)27-21)16-10-11-20-18(25-16)7-6-12-28(20)22(29)30-23(2,3)4/h8-11,13-14H,6-7,12H2,1-4H3,(H,26,27). The molecule has 1 aromatic carbocycles. The molecule has 3 heterocycles. The lowest BCUT2D eigenvalue weighted by Gasteiger charge is -2.31. The highest BCUT2D eigenvalue weighted by atomic mass is 16.6. The summed E-state index contributed by atoms with van der Waals surface area (Å²) in [4.78, 5) is 30.6. The summed E-state index contributed by atoms with van der Waals surface area (Å²) < 4.78 is 5.56. The summed E-state index contributed by atoms with van der Waals surface area (Å²) in [6, 6.07) is 9.34. The number of fused-ring (bicyclic) bond motifs is 2. The summed E-state index contributed by atoms with van der Waals surface area (Å²) in [5, 5.41) is 0. The number of nitrogens with zero attached hydrogens (tertiary/aromatic N) is 4. The number of carbonyl (C=O) groups excluding carboxylic acids is 1. The largest absolute Gasteiger partial charge is 0.443 e. The number of anilines is 1. The van der Waals surface area contributed by atoms with Crippen molar-refractivity contribution in [3.63, 3.8) is 0 Å². The van der Waals surface area contributed by atoms with Crippen LogP contribution in [0.3, 0.4) is 0 Å². The quantitative estimate of drug-likeness (QED) is 0.586. The number of benzene rings is 1. The van der Waals surface area contributed by atoms with Crippen LogP contribution in [0.5, 0.6) is 0 Å². The number of pyridine rings is 1. The van der Waals surface area contributed by atoms with Gasteiger partial charge in [-0.25, -0.2) is 14.6 Å². The average Bonchev–Trinajstić information content (AvgIpc) is 3.14. The molecule has 1 unspecified atom stereocenters. The summed E-state index contributed by atoms with van der Waals surface area (Å²) >= 11 is 0. The van der Waals surface area contributed by atoms with Crippen LogP contribution in [0.25, 0.3) is 15.9 Å². The Morgan fingerprint density at radius 3 is 2.80 bits per heavy atom. The van der Waals surface area contributed by atoms with E-state index in [4.69, 9.17) is 16.3 Å². The molecule has 0 saturated carbocycles. The minimum Gasteiger partial charge on any atom is -0.443 e. The highest BCUT2D eigenvalue weighted by Gasteiger charge is 2.28. The number of amides is 1. The highest BCUT2D eigenvalue weighted by Crippen LogP contribution is 2.31. The Bertz CT molecular complexity index is 1150. The molecule has 1 atom stereocenters. The minimum absolute atomic E-state index is 0.0454. The maximum absolute atomic E-state index is 12.6. The van der Waals surface area contributed by atoms with Gasteiger partial charge in [-0.1, -0.05) is 6.07 Å². The molecule has 4 rings (SSSR count). The third kappa shape index (κ3) is 3.86. The van der Waals surface area contributed by atoms with Gasteiger partial charge < -0.3 is 9.72 Å². The Balaban J connectivity index is 1.62. The zero-order valence-electron chi connectivity index (χ0n) is 17.7. The van der Waals surface area contributed by atoms with Gasteiger partial charge in [-0.3, -0.25) is 9.88 Å². The van der Waals surface area contributed by atoms with Crippen molar-refractivity contribution in [1.82, 2.24) is 15.0 Å². The number of aromatic nitrogens is 3. The van der Waals surface area contributed by atoms with E-state index in [9.17, 15) is 4.79 Å². The zero-order chi connectivity index (χ0) is 21.5. The van der Waals surface area contributed by atoms with E-state index in [1.54, 1.807) is 11.0 Å². The van der Waals surface area contributed by atoms with Gasteiger partial charge in [0.15, 0.2) is 5.69 Å². The molecule has 154 valence electrons. The van der Waals surface area contributed by atoms with Crippen LogP contribution in [0.4, 0.5) is 16.2 Å². The predicted octanol–water partition coefficient (Wildman–Crippen LogP) is 5.35. The van der Waals surface area contributed by atoms with Crippen molar-refractivity contribution in [2.75, 3.05) is 11.4 Å². The maximum atomic E-state index is 12.6. The monoisotopic (exact) mass is 403 g/mol. The van der Waals surface area contributed by atoms with Gasteiger partial charge in [0.05, 0.1) is 40.6 Å². The average molecular weight is 403 g/mol. The smallest absolute Gasteiger partial charge is 0.414 e. The van der Waals surface area contributed by atoms with Crippen LogP contribution in [-0.2, 0) is 11.2 Å². The zero-order valence-corrected chi connectivity index (χ0v) is 17.7. The Morgan fingerprint density at radius 1 is 1.27 bits per heavy atom. The van der Waals surface area contributed by atoms with E-state index in [1.165, 1.54) is 0 Å². The van der Waals surface area contributed by atoms with Gasteiger partial charge in [-0.2, -0.15) is 0 Å². The molecule has 3 aromatic rings. The van der Waals surface area contributed by atoms with Gasteiger partial charge in [0.25, 0.3) is 0 Å². The molecular weight excluding hydrogens is 378 g/mol. The van der Waals surface area contributed by atoms with Gasteiger partial charge >= 0.3 is 6.09 Å². The molecule has 0 fully saturated rings. The second-order valence-corrected chi connectivity index (χ2v) is 8.59. The Kier molecular flexibility index (Phi) is 4.94. The molecule has 0 bridgehead atoms. The molecule has 1 amide bonds. The van der Waals surface area contributed by atoms with Crippen LogP contribution in [0.1, 0.15) is 57.2 Å². The molecular formula is C23H25N5O2. The van der Waals surface area contributed by atoms with Gasteiger partial charge in [-0.05, 0) is 64.8 Å². The van der Waals surface area contributed by atoms with E-state index in [0.29, 0.717) is 12.2 Å². The first kappa shape index (κ1) is 19.9. The van der Waals surface area contributed by atoms with Gasteiger partial charge in [0, 0.05) is 6.54 Å². The number of imidazole rings is 1. The fraction of sp³-hybridized carbons (Fsp3) is 0.391. The number of hydrogen-bond acceptors (Lipinski definition) is 4. The minimum atomic E-state index is -0.537. The molecule has 1 aliphatic heterocycles. The number of rotatable bonds is 2. The molecule has 2 aromatic heterocycles. The fourth-order valence-corrected chi connectivity index (χ4v) is 3.65. The number of H-pyrrole nitrogens is 1. The number of carbonyl (C=O) groups is 1. The SMILES string of the molecule is [C-]#[N+]c1ccc2nc(C(C)c3ccc4c(n3)CCCN4C(=O)OC(C)(C)C)[nH]c2c1. The first-order valence-electron chi connectivity index (χ1n) is 10.1. The molecule has 1 N–H and O–H groups in total. The number of nitrogens with one attached hydrogen (secondary N) is 1. The van der Waals surface area contributed by atoms with Crippen LogP contribution in [-0.4, -0.2) is 33.2 Å². The predicted molar refractivity (Wildman–Crippen MR) is 116 cm³/mol. The maximum Gasteiger partial charge on any atom is 0.414 e. The van der Waals surface area contributed by atoms with Crippen LogP contribution in [0, 0.1) is 6.57 Å². The van der Waals surface area contributed by atoms with Crippen molar-refractivity contribution in [2.24, 2.45) is 0 Å². The molecule has 7 heteroatoms. The van der Waals surface area contributed by atoms with Crippen LogP contribution < -0.4 is 4.90 Å². The van der Waals surface area contributed by atoms with Crippen LogP contribution >= 0.6 is 0 Å². The van der Waals surface area contributed by atoms with Gasteiger partial charge in [0.1, 0.15) is 11.4 Å². The Labute approximate surface area is 175 Å². The van der Waals surface area contributed by atoms with E-state index >= 15 is 0 Å². The molecule has 7 nitrogen and oxygen atoms in total. The summed E-state index contributed by atoms with van der Waals surface area (Å²) in [6.07, 6.45) is 1.34.